The maximum absolute atomic E-state index is 13.1. The van der Waals surface area contributed by atoms with Crippen LogP contribution < -0.4 is 14.8 Å². The van der Waals surface area contributed by atoms with Gasteiger partial charge in [0.15, 0.2) is 11.5 Å². The van der Waals surface area contributed by atoms with Crippen LogP contribution in [0.2, 0.25) is 0 Å². The van der Waals surface area contributed by atoms with E-state index in [2.05, 4.69) is 5.32 Å². The molecular weight excluding hydrogens is 319 g/mol. The Hall–Kier alpha value is -3.16. The van der Waals surface area contributed by atoms with Crippen LogP contribution in [0.3, 0.4) is 0 Å². The zero-order valence-electron chi connectivity index (χ0n) is 13.3. The average molecular weight is 334 g/mol. The van der Waals surface area contributed by atoms with Gasteiger partial charge in [0, 0.05) is 11.8 Å². The number of carbonyl (C=O) groups is 1. The van der Waals surface area contributed by atoms with Gasteiger partial charge in [-0.3, -0.25) is 14.9 Å². The third-order valence-electron chi connectivity index (χ3n) is 3.38. The number of aryl methyl sites for hydroxylation is 1. The number of halogens is 1. The van der Waals surface area contributed by atoms with E-state index in [0.717, 1.165) is 6.07 Å². The number of hydrogen-bond donors (Lipinski definition) is 1. The molecule has 0 radical (unpaired) electrons. The third-order valence-corrected chi connectivity index (χ3v) is 3.38. The van der Waals surface area contributed by atoms with Crippen LogP contribution in [0.4, 0.5) is 15.8 Å². The summed E-state index contributed by atoms with van der Waals surface area (Å²) >= 11 is 0. The fourth-order valence-electron chi connectivity index (χ4n) is 2.16. The summed E-state index contributed by atoms with van der Waals surface area (Å²) in [4.78, 5) is 23.0. The van der Waals surface area contributed by atoms with Crippen molar-refractivity contribution in [3.8, 4) is 11.5 Å². The Kier molecular flexibility index (Phi) is 4.98. The fraction of sp³-hybridized carbons (Fsp3) is 0.188. The van der Waals surface area contributed by atoms with Gasteiger partial charge in [-0.1, -0.05) is 0 Å². The van der Waals surface area contributed by atoms with Crippen molar-refractivity contribution < 1.29 is 23.6 Å². The van der Waals surface area contributed by atoms with Gasteiger partial charge in [-0.05, 0) is 30.7 Å². The molecule has 1 amide bonds. The van der Waals surface area contributed by atoms with Crippen molar-refractivity contribution in [1.29, 1.82) is 0 Å². The molecule has 0 aliphatic heterocycles. The number of benzene rings is 2. The lowest BCUT2D eigenvalue weighted by Crippen LogP contribution is -2.15. The van der Waals surface area contributed by atoms with Crippen LogP contribution in [0.5, 0.6) is 11.5 Å². The second kappa shape index (κ2) is 6.95. The smallest absolute Gasteiger partial charge is 0.286 e. The van der Waals surface area contributed by atoms with E-state index in [1.54, 1.807) is 6.92 Å². The highest BCUT2D eigenvalue weighted by Crippen LogP contribution is 2.35. The van der Waals surface area contributed by atoms with Gasteiger partial charge in [0.1, 0.15) is 11.4 Å². The fourth-order valence-corrected chi connectivity index (χ4v) is 2.16. The number of methoxy groups -OCH3 is 2. The van der Waals surface area contributed by atoms with Crippen molar-refractivity contribution in [3.63, 3.8) is 0 Å². The summed E-state index contributed by atoms with van der Waals surface area (Å²) in [5.41, 5.74) is 0.225. The molecule has 0 unspecified atom stereocenters. The van der Waals surface area contributed by atoms with Crippen LogP contribution in [0, 0.1) is 22.9 Å². The normalized spacial score (nSPS) is 10.2. The topological polar surface area (TPSA) is 90.7 Å². The average Bonchev–Trinajstić information content (AvgIpc) is 2.55. The van der Waals surface area contributed by atoms with Crippen LogP contribution in [0.1, 0.15) is 15.9 Å². The van der Waals surface area contributed by atoms with Gasteiger partial charge in [0.2, 0.25) is 0 Å². The molecule has 8 heteroatoms. The summed E-state index contributed by atoms with van der Waals surface area (Å²) in [6, 6.07) is 6.16. The van der Waals surface area contributed by atoms with E-state index in [1.165, 1.54) is 38.5 Å². The van der Waals surface area contributed by atoms with E-state index < -0.39 is 22.3 Å². The Morgan fingerprint density at radius 1 is 1.17 bits per heavy atom. The van der Waals surface area contributed by atoms with Gasteiger partial charge in [-0.25, -0.2) is 4.39 Å². The van der Waals surface area contributed by atoms with Crippen molar-refractivity contribution in [2.45, 2.75) is 6.92 Å². The molecule has 0 aromatic heterocycles. The highest BCUT2D eigenvalue weighted by atomic mass is 19.1. The first-order valence-electron chi connectivity index (χ1n) is 6.85. The van der Waals surface area contributed by atoms with Gasteiger partial charge in [0.25, 0.3) is 11.6 Å². The molecule has 0 atom stereocenters. The molecule has 0 saturated carbocycles. The van der Waals surface area contributed by atoms with E-state index in [-0.39, 0.29) is 17.1 Å². The highest BCUT2D eigenvalue weighted by molar-refractivity contribution is 6.07. The lowest BCUT2D eigenvalue weighted by Gasteiger charge is -2.12. The summed E-state index contributed by atoms with van der Waals surface area (Å²) in [5, 5.41) is 13.8. The maximum Gasteiger partial charge on any atom is 0.286 e. The van der Waals surface area contributed by atoms with Gasteiger partial charge < -0.3 is 14.8 Å². The Morgan fingerprint density at radius 3 is 2.33 bits per heavy atom. The quantitative estimate of drug-likeness (QED) is 0.669. The summed E-state index contributed by atoms with van der Waals surface area (Å²) in [7, 11) is 2.69. The Bertz CT molecular complexity index is 807. The molecule has 0 aliphatic rings. The van der Waals surface area contributed by atoms with Crippen LogP contribution >= 0.6 is 0 Å². The second-order valence-corrected chi connectivity index (χ2v) is 4.89. The molecule has 0 aliphatic carbocycles. The van der Waals surface area contributed by atoms with Crippen molar-refractivity contribution >= 4 is 17.3 Å². The molecule has 0 fully saturated rings. The second-order valence-electron chi connectivity index (χ2n) is 4.89. The summed E-state index contributed by atoms with van der Waals surface area (Å²) in [5.74, 6) is -0.831. The summed E-state index contributed by atoms with van der Waals surface area (Å²) < 4.78 is 23.2. The Balaban J connectivity index is 2.45. The van der Waals surface area contributed by atoms with Crippen molar-refractivity contribution in [3.05, 3.63) is 57.4 Å². The molecule has 0 spiro atoms. The largest absolute Gasteiger partial charge is 0.493 e. The van der Waals surface area contributed by atoms with Crippen LogP contribution in [0.15, 0.2) is 30.3 Å². The molecule has 24 heavy (non-hydrogen) atoms. The molecule has 0 bridgehead atoms. The zero-order valence-corrected chi connectivity index (χ0v) is 13.3. The number of ether oxygens (including phenoxy) is 2. The molecule has 2 rings (SSSR count). The first-order valence-corrected chi connectivity index (χ1v) is 6.85. The number of amides is 1. The van der Waals surface area contributed by atoms with E-state index in [0.29, 0.717) is 11.3 Å². The van der Waals surface area contributed by atoms with Crippen molar-refractivity contribution in [1.82, 2.24) is 0 Å². The van der Waals surface area contributed by atoms with Gasteiger partial charge >= 0.3 is 0 Å². The number of hydrogen-bond acceptors (Lipinski definition) is 5. The van der Waals surface area contributed by atoms with Gasteiger partial charge in [0.05, 0.1) is 25.2 Å². The highest BCUT2D eigenvalue weighted by Gasteiger charge is 2.25. The molecule has 7 nitrogen and oxygen atoms in total. The third kappa shape index (κ3) is 3.43. The molecular formula is C16H15FN2O5. The minimum atomic E-state index is -0.711. The van der Waals surface area contributed by atoms with Crippen LogP contribution in [-0.4, -0.2) is 25.1 Å². The predicted octanol–water partition coefficient (Wildman–Crippen LogP) is 3.31. The van der Waals surface area contributed by atoms with Crippen molar-refractivity contribution in [2.24, 2.45) is 0 Å². The Labute approximate surface area is 137 Å². The van der Waals surface area contributed by atoms with E-state index in [9.17, 15) is 19.3 Å². The molecule has 1 N–H and O–H groups in total. The van der Waals surface area contributed by atoms with Crippen LogP contribution in [-0.2, 0) is 0 Å². The van der Waals surface area contributed by atoms with Crippen LogP contribution in [0.25, 0.3) is 0 Å². The molecule has 0 heterocycles. The zero-order chi connectivity index (χ0) is 17.9. The number of carbonyl (C=O) groups excluding carboxylic acids is 1. The van der Waals surface area contributed by atoms with E-state index in [4.69, 9.17) is 9.47 Å². The van der Waals surface area contributed by atoms with Crippen molar-refractivity contribution in [2.75, 3.05) is 19.5 Å². The van der Waals surface area contributed by atoms with Gasteiger partial charge in [-0.2, -0.15) is 0 Å². The van der Waals surface area contributed by atoms with E-state index >= 15 is 0 Å². The monoisotopic (exact) mass is 334 g/mol. The molecule has 0 saturated heterocycles. The lowest BCUT2D eigenvalue weighted by atomic mass is 10.1. The number of nitrogens with zero attached hydrogens (tertiary/aromatic N) is 1. The number of nitrogens with one attached hydrogen (secondary N) is 1. The number of nitro benzene ring substituents is 1. The SMILES string of the molecule is COc1cc(C(=O)Nc2ccc(F)cc2C)c([N+](=O)[O-])cc1OC. The Morgan fingerprint density at radius 2 is 1.79 bits per heavy atom. The standard InChI is InChI=1S/C16H15FN2O5/c1-9-6-10(17)4-5-12(9)18-16(20)11-7-14(23-2)15(24-3)8-13(11)19(21)22/h4-8H,1-3H3,(H,18,20). The van der Waals surface area contributed by atoms with E-state index in [1.807, 2.05) is 0 Å². The van der Waals surface area contributed by atoms with Gasteiger partial charge in [-0.15, -0.1) is 0 Å². The number of anilines is 1. The molecule has 126 valence electrons. The summed E-state index contributed by atoms with van der Waals surface area (Å²) in [6.07, 6.45) is 0. The summed E-state index contributed by atoms with van der Waals surface area (Å²) in [6.45, 7) is 1.61. The maximum atomic E-state index is 13.1. The first-order chi connectivity index (χ1) is 11.4. The lowest BCUT2D eigenvalue weighted by molar-refractivity contribution is -0.385. The number of rotatable bonds is 5. The minimum absolute atomic E-state index is 0.138. The predicted molar refractivity (Wildman–Crippen MR) is 85.3 cm³/mol. The minimum Gasteiger partial charge on any atom is -0.493 e. The number of nitro groups is 1. The first kappa shape index (κ1) is 17.2. The molecule has 2 aromatic rings. The molecule has 2 aromatic carbocycles.